The van der Waals surface area contributed by atoms with Gasteiger partial charge in [0.25, 0.3) is 0 Å². The second-order valence-corrected chi connectivity index (χ2v) is 5.53. The summed E-state index contributed by atoms with van der Waals surface area (Å²) in [6.45, 7) is 4.83. The molecule has 0 aliphatic heterocycles. The Morgan fingerprint density at radius 3 is 2.57 bits per heavy atom. The van der Waals surface area contributed by atoms with Crippen molar-refractivity contribution < 1.29 is 4.79 Å². The zero-order valence-electron chi connectivity index (χ0n) is 13.2. The lowest BCUT2D eigenvalue weighted by molar-refractivity contribution is -0.116. The molecule has 3 rings (SSSR count). The van der Waals surface area contributed by atoms with Crippen molar-refractivity contribution in [3.63, 3.8) is 0 Å². The fraction of sp³-hybridized carbons (Fsp3) is 0.235. The summed E-state index contributed by atoms with van der Waals surface area (Å²) in [5, 5.41) is 11.4. The number of carbonyl (C=O) groups is 1. The van der Waals surface area contributed by atoms with E-state index in [4.69, 9.17) is 0 Å². The van der Waals surface area contributed by atoms with Crippen LogP contribution in [0.1, 0.15) is 16.8 Å². The highest BCUT2D eigenvalue weighted by Crippen LogP contribution is 2.10. The summed E-state index contributed by atoms with van der Waals surface area (Å²) in [7, 11) is 0. The molecular weight excluding hydrogens is 290 g/mol. The molecule has 1 aromatic carbocycles. The number of nitrogens with one attached hydrogen (secondary N) is 1. The summed E-state index contributed by atoms with van der Waals surface area (Å²) in [4.78, 5) is 12.0. The first kappa shape index (κ1) is 15.0. The smallest absolute Gasteiger partial charge is 0.247 e. The van der Waals surface area contributed by atoms with Gasteiger partial charge in [0, 0.05) is 18.5 Å². The molecule has 1 amide bonds. The molecule has 0 atom stereocenters. The minimum Gasteiger partial charge on any atom is -0.308 e. The summed E-state index contributed by atoms with van der Waals surface area (Å²) in [5.41, 5.74) is 3.32. The predicted molar refractivity (Wildman–Crippen MR) is 88.1 cm³/mol. The predicted octanol–water partition coefficient (Wildman–Crippen LogP) is 2.38. The molecule has 0 radical (unpaired) electrons. The van der Waals surface area contributed by atoms with Crippen LogP contribution in [-0.2, 0) is 17.9 Å². The highest BCUT2D eigenvalue weighted by atomic mass is 16.2. The van der Waals surface area contributed by atoms with Crippen molar-refractivity contribution in [2.45, 2.75) is 26.9 Å². The van der Waals surface area contributed by atoms with Gasteiger partial charge < -0.3 is 5.32 Å². The molecule has 0 aliphatic rings. The third-order valence-corrected chi connectivity index (χ3v) is 3.58. The van der Waals surface area contributed by atoms with Crippen molar-refractivity contribution in [2.24, 2.45) is 0 Å². The quantitative estimate of drug-likeness (QED) is 0.787. The van der Waals surface area contributed by atoms with Gasteiger partial charge in [-0.25, -0.2) is 0 Å². The highest BCUT2D eigenvalue weighted by Gasteiger charge is 2.07. The maximum absolute atomic E-state index is 12.0. The molecule has 0 aliphatic carbocycles. The van der Waals surface area contributed by atoms with E-state index >= 15 is 0 Å². The van der Waals surface area contributed by atoms with Gasteiger partial charge in [-0.05, 0) is 31.0 Å². The summed E-state index contributed by atoms with van der Waals surface area (Å²) >= 11 is 0. The molecule has 0 unspecified atom stereocenters. The Hall–Kier alpha value is -2.89. The lowest BCUT2D eigenvalue weighted by Crippen LogP contribution is -2.19. The van der Waals surface area contributed by atoms with E-state index in [0.717, 1.165) is 5.69 Å². The standard InChI is InChI=1S/C17H19N5O/c1-13-5-3-4-6-15(13)11-21-10-8-16(20-21)18-17(23)12-22-9-7-14(2)19-22/h3-10H,11-12H2,1-2H3,(H,18,20,23). The van der Waals surface area contributed by atoms with Gasteiger partial charge in [0.15, 0.2) is 5.82 Å². The Kier molecular flexibility index (Phi) is 4.23. The number of aryl methyl sites for hydroxylation is 2. The van der Waals surface area contributed by atoms with Crippen LogP contribution >= 0.6 is 0 Å². The second-order valence-electron chi connectivity index (χ2n) is 5.53. The Morgan fingerprint density at radius 2 is 1.83 bits per heavy atom. The van der Waals surface area contributed by atoms with Crippen LogP contribution in [0, 0.1) is 13.8 Å². The maximum Gasteiger partial charge on any atom is 0.247 e. The average Bonchev–Trinajstić information content (AvgIpc) is 3.11. The van der Waals surface area contributed by atoms with Crippen molar-refractivity contribution in [2.75, 3.05) is 5.32 Å². The number of aromatic nitrogens is 4. The molecule has 0 bridgehead atoms. The van der Waals surface area contributed by atoms with Crippen LogP contribution in [0.25, 0.3) is 0 Å². The molecule has 2 heterocycles. The van der Waals surface area contributed by atoms with E-state index in [1.54, 1.807) is 16.9 Å². The normalized spacial score (nSPS) is 10.7. The molecule has 0 spiro atoms. The summed E-state index contributed by atoms with van der Waals surface area (Å²) in [6, 6.07) is 11.8. The van der Waals surface area contributed by atoms with E-state index in [0.29, 0.717) is 12.4 Å². The monoisotopic (exact) mass is 309 g/mol. The van der Waals surface area contributed by atoms with Gasteiger partial charge in [-0.1, -0.05) is 24.3 Å². The van der Waals surface area contributed by atoms with Crippen LogP contribution in [0.5, 0.6) is 0 Å². The van der Waals surface area contributed by atoms with Gasteiger partial charge in [0.05, 0.1) is 12.2 Å². The highest BCUT2D eigenvalue weighted by molar-refractivity contribution is 5.89. The molecule has 118 valence electrons. The van der Waals surface area contributed by atoms with E-state index in [-0.39, 0.29) is 12.5 Å². The van der Waals surface area contributed by atoms with Crippen molar-refractivity contribution in [3.8, 4) is 0 Å². The van der Waals surface area contributed by atoms with Crippen molar-refractivity contribution in [1.82, 2.24) is 19.6 Å². The SMILES string of the molecule is Cc1ccn(CC(=O)Nc2ccn(Cc3ccccc3C)n2)n1. The van der Waals surface area contributed by atoms with Crippen molar-refractivity contribution in [1.29, 1.82) is 0 Å². The van der Waals surface area contributed by atoms with Crippen LogP contribution in [-0.4, -0.2) is 25.5 Å². The topological polar surface area (TPSA) is 64.7 Å². The molecule has 0 saturated carbocycles. The summed E-state index contributed by atoms with van der Waals surface area (Å²) in [5.74, 6) is 0.404. The number of amides is 1. The number of nitrogens with zero attached hydrogens (tertiary/aromatic N) is 4. The van der Waals surface area contributed by atoms with Gasteiger partial charge in [0.1, 0.15) is 6.54 Å². The van der Waals surface area contributed by atoms with E-state index in [1.165, 1.54) is 11.1 Å². The first-order valence-corrected chi connectivity index (χ1v) is 7.48. The molecule has 23 heavy (non-hydrogen) atoms. The number of benzene rings is 1. The number of rotatable bonds is 5. The van der Waals surface area contributed by atoms with Crippen LogP contribution in [0.15, 0.2) is 48.8 Å². The first-order valence-electron chi connectivity index (χ1n) is 7.48. The van der Waals surface area contributed by atoms with Gasteiger partial charge in [-0.3, -0.25) is 14.2 Å². The van der Waals surface area contributed by atoms with E-state index in [2.05, 4.69) is 34.6 Å². The molecule has 2 aromatic heterocycles. The molecule has 3 aromatic rings. The maximum atomic E-state index is 12.0. The lowest BCUT2D eigenvalue weighted by atomic mass is 10.1. The largest absolute Gasteiger partial charge is 0.308 e. The summed E-state index contributed by atoms with van der Waals surface area (Å²) < 4.78 is 3.42. The number of carbonyl (C=O) groups excluding carboxylic acids is 1. The fourth-order valence-electron chi connectivity index (χ4n) is 2.36. The Morgan fingerprint density at radius 1 is 1.04 bits per heavy atom. The fourth-order valence-corrected chi connectivity index (χ4v) is 2.36. The van der Waals surface area contributed by atoms with Crippen molar-refractivity contribution in [3.05, 3.63) is 65.6 Å². The first-order chi connectivity index (χ1) is 11.1. The van der Waals surface area contributed by atoms with Gasteiger partial charge in [0.2, 0.25) is 5.91 Å². The molecule has 1 N–H and O–H groups in total. The second kappa shape index (κ2) is 6.48. The van der Waals surface area contributed by atoms with Gasteiger partial charge in [-0.15, -0.1) is 0 Å². The molecule has 0 saturated heterocycles. The van der Waals surface area contributed by atoms with Crippen LogP contribution in [0.3, 0.4) is 0 Å². The third kappa shape index (κ3) is 3.85. The third-order valence-electron chi connectivity index (χ3n) is 3.58. The van der Waals surface area contributed by atoms with Crippen LogP contribution in [0.2, 0.25) is 0 Å². The molecular formula is C17H19N5O. The summed E-state index contributed by atoms with van der Waals surface area (Å²) in [6.07, 6.45) is 3.64. The number of hydrogen-bond donors (Lipinski definition) is 1. The van der Waals surface area contributed by atoms with Crippen LogP contribution in [0.4, 0.5) is 5.82 Å². The Labute approximate surface area is 134 Å². The van der Waals surface area contributed by atoms with Gasteiger partial charge in [-0.2, -0.15) is 10.2 Å². The molecule has 6 heteroatoms. The lowest BCUT2D eigenvalue weighted by Gasteiger charge is -2.05. The molecule has 6 nitrogen and oxygen atoms in total. The van der Waals surface area contributed by atoms with E-state index in [1.807, 2.05) is 36.0 Å². The van der Waals surface area contributed by atoms with E-state index < -0.39 is 0 Å². The minimum atomic E-state index is -0.144. The van der Waals surface area contributed by atoms with Crippen molar-refractivity contribution >= 4 is 11.7 Å². The zero-order valence-corrected chi connectivity index (χ0v) is 13.2. The zero-order chi connectivity index (χ0) is 16.2. The minimum absolute atomic E-state index is 0.144. The molecule has 0 fully saturated rings. The van der Waals surface area contributed by atoms with E-state index in [9.17, 15) is 4.79 Å². The number of hydrogen-bond acceptors (Lipinski definition) is 3. The average molecular weight is 309 g/mol. The van der Waals surface area contributed by atoms with Gasteiger partial charge >= 0.3 is 0 Å². The Bertz CT molecular complexity index is 818. The Balaban J connectivity index is 1.61. The van der Waals surface area contributed by atoms with Crippen LogP contribution < -0.4 is 5.32 Å². The number of anilines is 1.